The number of nitrogens with one attached hydrogen (secondary N) is 2. The number of imidazole rings is 1. The van der Waals surface area contributed by atoms with E-state index in [2.05, 4.69) is 24.5 Å². The number of rotatable bonds is 4. The molecule has 0 amide bonds. The lowest BCUT2D eigenvalue weighted by Gasteiger charge is -2.19. The van der Waals surface area contributed by atoms with Crippen LogP contribution in [0.25, 0.3) is 16.9 Å². The molecule has 1 unspecified atom stereocenters. The van der Waals surface area contributed by atoms with Crippen LogP contribution >= 0.6 is 0 Å². The summed E-state index contributed by atoms with van der Waals surface area (Å²) in [6, 6.07) is 1.27. The van der Waals surface area contributed by atoms with Crippen LogP contribution in [0.15, 0.2) is 34.2 Å². The van der Waals surface area contributed by atoms with Crippen LogP contribution in [0.2, 0.25) is 0 Å². The highest BCUT2D eigenvalue weighted by Crippen LogP contribution is 2.36. The predicted molar refractivity (Wildman–Crippen MR) is 99.1 cm³/mol. The molecule has 176 valence electrons. The number of aromatic nitrogens is 5. The number of hydrogen-bond acceptors (Lipinski definition) is 8. The molecule has 4 heterocycles. The molecule has 2 N–H and O–H groups in total. The Bertz CT molecular complexity index is 1320. The second-order valence-electron chi connectivity index (χ2n) is 7.00. The smallest absolute Gasteiger partial charge is 0.425 e. The van der Waals surface area contributed by atoms with E-state index < -0.39 is 55.3 Å². The number of nitrogens with zero attached hydrogens (tertiary/aromatic N) is 4. The van der Waals surface area contributed by atoms with Gasteiger partial charge in [0.1, 0.15) is 5.69 Å². The zero-order valence-electron chi connectivity index (χ0n) is 16.2. The number of aromatic amines is 2. The minimum atomic E-state index is -4.84. The highest BCUT2D eigenvalue weighted by molar-refractivity contribution is 5.75. The Labute approximate surface area is 178 Å². The molecular formula is C17H13F5N6O5. The van der Waals surface area contributed by atoms with Crippen molar-refractivity contribution in [2.75, 3.05) is 24.6 Å². The first-order chi connectivity index (χ1) is 15.4. The Morgan fingerprint density at radius 2 is 2.06 bits per heavy atom. The topological polar surface area (TPSA) is 135 Å². The maximum Gasteiger partial charge on any atom is 0.509 e. The molecule has 0 radical (unpaired) electrons. The third-order valence-electron chi connectivity index (χ3n) is 4.63. The third-order valence-corrected chi connectivity index (χ3v) is 4.63. The first-order valence-electron chi connectivity index (χ1n) is 9.13. The first-order valence-corrected chi connectivity index (χ1v) is 9.13. The van der Waals surface area contributed by atoms with Crippen molar-refractivity contribution in [3.05, 3.63) is 45.5 Å². The maximum atomic E-state index is 14.5. The monoisotopic (exact) mass is 476 g/mol. The van der Waals surface area contributed by atoms with E-state index >= 15 is 0 Å². The molecule has 1 aliphatic heterocycles. The molecule has 3 aromatic heterocycles. The van der Waals surface area contributed by atoms with Crippen LogP contribution in [-0.4, -0.2) is 68.6 Å². The van der Waals surface area contributed by atoms with E-state index in [-0.39, 0.29) is 22.6 Å². The maximum absolute atomic E-state index is 14.5. The highest BCUT2D eigenvalue weighted by Gasteiger charge is 2.52. The SMILES string of the molecule is O=C(OCC(F)(F)F)OC1CN(c2cc(-c3c[nH]c(=O)[nH]c3=O)nn3ccnc23)CC1(F)F. The Morgan fingerprint density at radius 1 is 1.30 bits per heavy atom. The summed E-state index contributed by atoms with van der Waals surface area (Å²) in [4.78, 5) is 44.3. The van der Waals surface area contributed by atoms with Gasteiger partial charge in [-0.15, -0.1) is 0 Å². The summed E-state index contributed by atoms with van der Waals surface area (Å²) >= 11 is 0. The fourth-order valence-corrected chi connectivity index (χ4v) is 3.22. The number of alkyl halides is 5. The van der Waals surface area contributed by atoms with E-state index in [1.807, 2.05) is 4.98 Å². The van der Waals surface area contributed by atoms with Crippen molar-refractivity contribution in [1.29, 1.82) is 0 Å². The number of anilines is 1. The second kappa shape index (κ2) is 7.86. The van der Waals surface area contributed by atoms with Crippen LogP contribution in [0.5, 0.6) is 0 Å². The van der Waals surface area contributed by atoms with Crippen molar-refractivity contribution in [3.63, 3.8) is 0 Å². The van der Waals surface area contributed by atoms with Gasteiger partial charge in [-0.3, -0.25) is 9.78 Å². The number of halogens is 5. The van der Waals surface area contributed by atoms with Gasteiger partial charge in [-0.2, -0.15) is 18.3 Å². The van der Waals surface area contributed by atoms with Crippen LogP contribution in [0.4, 0.5) is 32.4 Å². The Balaban J connectivity index is 1.64. The lowest BCUT2D eigenvalue weighted by molar-refractivity contribution is -0.171. The summed E-state index contributed by atoms with van der Waals surface area (Å²) in [6.45, 7) is -3.57. The summed E-state index contributed by atoms with van der Waals surface area (Å²) in [6.07, 6.45) is -5.04. The average Bonchev–Trinajstić information content (AvgIpc) is 3.29. The minimum absolute atomic E-state index is 0.00488. The van der Waals surface area contributed by atoms with Gasteiger partial charge in [0, 0.05) is 18.6 Å². The molecule has 1 atom stereocenters. The molecule has 1 saturated heterocycles. The van der Waals surface area contributed by atoms with Crippen molar-refractivity contribution in [1.82, 2.24) is 24.6 Å². The normalized spacial score (nSPS) is 18.0. The second-order valence-corrected chi connectivity index (χ2v) is 7.00. The van der Waals surface area contributed by atoms with Crippen molar-refractivity contribution in [2.45, 2.75) is 18.2 Å². The quantitative estimate of drug-likeness (QED) is 0.425. The number of H-pyrrole nitrogens is 2. The van der Waals surface area contributed by atoms with Crippen LogP contribution in [-0.2, 0) is 9.47 Å². The lowest BCUT2D eigenvalue weighted by Crippen LogP contribution is -2.36. The average molecular weight is 476 g/mol. The summed E-state index contributed by atoms with van der Waals surface area (Å²) in [7, 11) is 0. The predicted octanol–water partition coefficient (Wildman–Crippen LogP) is 1.31. The molecule has 0 aliphatic carbocycles. The lowest BCUT2D eigenvalue weighted by atomic mass is 10.2. The van der Waals surface area contributed by atoms with Crippen LogP contribution in [0.1, 0.15) is 0 Å². The number of ether oxygens (including phenoxy) is 2. The van der Waals surface area contributed by atoms with E-state index in [0.717, 1.165) is 11.1 Å². The van der Waals surface area contributed by atoms with E-state index in [0.29, 0.717) is 0 Å². The molecule has 16 heteroatoms. The molecule has 3 aromatic rings. The van der Waals surface area contributed by atoms with Gasteiger partial charge >= 0.3 is 23.9 Å². The van der Waals surface area contributed by atoms with Gasteiger partial charge in [0.15, 0.2) is 18.4 Å². The van der Waals surface area contributed by atoms with Crippen molar-refractivity contribution >= 4 is 17.5 Å². The number of carbonyl (C=O) groups is 1. The van der Waals surface area contributed by atoms with Crippen LogP contribution in [0.3, 0.4) is 0 Å². The zero-order valence-corrected chi connectivity index (χ0v) is 16.2. The first kappa shape index (κ1) is 22.2. The summed E-state index contributed by atoms with van der Waals surface area (Å²) in [5.74, 6) is -3.64. The van der Waals surface area contributed by atoms with Crippen LogP contribution < -0.4 is 16.1 Å². The zero-order chi connectivity index (χ0) is 24.0. The molecule has 0 bridgehead atoms. The molecule has 0 spiro atoms. The van der Waals surface area contributed by atoms with Crippen molar-refractivity contribution < 1.29 is 36.2 Å². The molecule has 1 aliphatic rings. The minimum Gasteiger partial charge on any atom is -0.425 e. The van der Waals surface area contributed by atoms with Gasteiger partial charge in [0.05, 0.1) is 24.3 Å². The summed E-state index contributed by atoms with van der Waals surface area (Å²) in [5.41, 5.74) is -1.41. The largest absolute Gasteiger partial charge is 0.509 e. The fraction of sp³-hybridized carbons (Fsp3) is 0.353. The van der Waals surface area contributed by atoms with Gasteiger partial charge in [-0.05, 0) is 6.07 Å². The molecule has 0 saturated carbocycles. The standard InChI is InChI=1S/C17H13F5N6O5/c18-16(19)6-27(5-11(16)33-15(31)32-7-17(20,21)22)10-3-9(26-28-2-1-23-12(10)28)8-4-24-14(30)25-13(8)29/h1-4,11H,5-7H2,(H2,24,25,29,30). The summed E-state index contributed by atoms with van der Waals surface area (Å²) in [5, 5.41) is 4.17. The van der Waals surface area contributed by atoms with E-state index in [9.17, 15) is 36.3 Å². The van der Waals surface area contributed by atoms with Gasteiger partial charge in [-0.1, -0.05) is 0 Å². The van der Waals surface area contributed by atoms with E-state index in [4.69, 9.17) is 0 Å². The Morgan fingerprint density at radius 3 is 2.76 bits per heavy atom. The number of carbonyl (C=O) groups excluding carboxylic acids is 1. The molecule has 11 nitrogen and oxygen atoms in total. The van der Waals surface area contributed by atoms with Gasteiger partial charge in [-0.25, -0.2) is 27.9 Å². The molecule has 33 heavy (non-hydrogen) atoms. The van der Waals surface area contributed by atoms with Gasteiger partial charge in [0.25, 0.3) is 5.56 Å². The molecular weight excluding hydrogens is 463 g/mol. The highest BCUT2D eigenvalue weighted by atomic mass is 19.4. The molecule has 0 aromatic carbocycles. The van der Waals surface area contributed by atoms with Crippen molar-refractivity contribution in [3.8, 4) is 11.3 Å². The van der Waals surface area contributed by atoms with Gasteiger partial charge in [0.2, 0.25) is 0 Å². The van der Waals surface area contributed by atoms with Crippen LogP contribution in [0, 0.1) is 0 Å². The summed E-state index contributed by atoms with van der Waals surface area (Å²) < 4.78 is 75.0. The number of hydrogen-bond donors (Lipinski definition) is 2. The fourth-order valence-electron chi connectivity index (χ4n) is 3.22. The molecule has 4 rings (SSSR count). The van der Waals surface area contributed by atoms with Crippen molar-refractivity contribution in [2.24, 2.45) is 0 Å². The van der Waals surface area contributed by atoms with E-state index in [1.54, 1.807) is 0 Å². The van der Waals surface area contributed by atoms with Gasteiger partial charge < -0.3 is 19.4 Å². The molecule has 1 fully saturated rings. The third kappa shape index (κ3) is 4.63. The Kier molecular flexibility index (Phi) is 5.29. The van der Waals surface area contributed by atoms with E-state index in [1.165, 1.54) is 23.0 Å². The number of fused-ring (bicyclic) bond motifs is 1. The Hall–Kier alpha value is -3.98.